The number of para-hydroxylation sites is 1. The highest BCUT2D eigenvalue weighted by Crippen LogP contribution is 2.33. The summed E-state index contributed by atoms with van der Waals surface area (Å²) in [6.45, 7) is 3.34. The molecule has 28 heavy (non-hydrogen) atoms. The number of aliphatic hydroxyl groups excluding tert-OH is 1. The van der Waals surface area contributed by atoms with Crippen LogP contribution in [0.5, 0.6) is 5.75 Å². The maximum atomic E-state index is 11.7. The second kappa shape index (κ2) is 7.40. The Balaban J connectivity index is 1.53. The van der Waals surface area contributed by atoms with Gasteiger partial charge in [0.25, 0.3) is 0 Å². The van der Waals surface area contributed by atoms with Gasteiger partial charge in [-0.1, -0.05) is 18.2 Å². The van der Waals surface area contributed by atoms with Crippen molar-refractivity contribution in [1.82, 2.24) is 4.57 Å². The average Bonchev–Trinajstić information content (AvgIpc) is 3.19. The zero-order valence-corrected chi connectivity index (χ0v) is 15.6. The number of anilines is 1. The van der Waals surface area contributed by atoms with Crippen LogP contribution >= 0.6 is 0 Å². The molecule has 6 heteroatoms. The highest BCUT2D eigenvalue weighted by molar-refractivity contribution is 5.95. The smallest absolute Gasteiger partial charge is 0.337 e. The predicted octanol–water partition coefficient (Wildman–Crippen LogP) is 3.24. The van der Waals surface area contributed by atoms with Crippen LogP contribution in [0.15, 0.2) is 60.9 Å². The molecule has 0 saturated carbocycles. The molecule has 2 heterocycles. The molecule has 6 nitrogen and oxygen atoms in total. The molecule has 0 amide bonds. The van der Waals surface area contributed by atoms with Gasteiger partial charge >= 0.3 is 5.97 Å². The fraction of sp³-hybridized carbons (Fsp3) is 0.227. The van der Waals surface area contributed by atoms with Gasteiger partial charge in [0.1, 0.15) is 11.9 Å². The molecule has 0 atom stereocenters. The fourth-order valence-corrected chi connectivity index (χ4v) is 3.55. The van der Waals surface area contributed by atoms with Crippen molar-refractivity contribution in [3.05, 3.63) is 77.6 Å². The summed E-state index contributed by atoms with van der Waals surface area (Å²) in [6, 6.07) is 14.8. The standard InChI is InChI=1S/C22H22N2O4/c1-15-11-16(14-25)7-8-20(15)28-17-12-24(13-17)19-6-4-5-18(22(26)27)21(19)23-9-2-3-10-23/h2-11,17,25H,12-14H2,1H3,(H,26,27). The maximum Gasteiger partial charge on any atom is 0.337 e. The number of aromatic nitrogens is 1. The second-order valence-electron chi connectivity index (χ2n) is 6.97. The number of aliphatic hydroxyl groups is 1. The van der Waals surface area contributed by atoms with Gasteiger partial charge in [-0.05, 0) is 48.4 Å². The Morgan fingerprint density at radius 1 is 1.14 bits per heavy atom. The summed E-state index contributed by atoms with van der Waals surface area (Å²) in [5.74, 6) is -0.134. The topological polar surface area (TPSA) is 74.9 Å². The van der Waals surface area contributed by atoms with Gasteiger partial charge < -0.3 is 24.4 Å². The van der Waals surface area contributed by atoms with Crippen LogP contribution in [0.3, 0.4) is 0 Å². The number of hydrogen-bond acceptors (Lipinski definition) is 4. The number of benzene rings is 2. The molecule has 0 spiro atoms. The van der Waals surface area contributed by atoms with E-state index >= 15 is 0 Å². The first kappa shape index (κ1) is 18.1. The van der Waals surface area contributed by atoms with Crippen LogP contribution in [0.2, 0.25) is 0 Å². The number of carboxylic acids is 1. The first-order valence-corrected chi connectivity index (χ1v) is 9.18. The lowest BCUT2D eigenvalue weighted by molar-refractivity contribution is 0.0697. The van der Waals surface area contributed by atoms with E-state index < -0.39 is 5.97 Å². The molecule has 0 unspecified atom stereocenters. The molecule has 1 aliphatic heterocycles. The molecule has 3 aromatic rings. The van der Waals surface area contributed by atoms with Crippen molar-refractivity contribution in [3.8, 4) is 11.4 Å². The SMILES string of the molecule is Cc1cc(CO)ccc1OC1CN(c2cccc(C(=O)O)c2-n2cccc2)C1. The minimum absolute atomic E-state index is 0.0143. The van der Waals surface area contributed by atoms with Crippen LogP contribution < -0.4 is 9.64 Å². The minimum Gasteiger partial charge on any atom is -0.486 e. The van der Waals surface area contributed by atoms with Crippen LogP contribution in [0.25, 0.3) is 5.69 Å². The second-order valence-corrected chi connectivity index (χ2v) is 6.97. The van der Waals surface area contributed by atoms with Crippen molar-refractivity contribution in [3.63, 3.8) is 0 Å². The molecule has 144 valence electrons. The van der Waals surface area contributed by atoms with E-state index in [-0.39, 0.29) is 18.3 Å². The molecule has 2 N–H and O–H groups in total. The van der Waals surface area contributed by atoms with E-state index in [1.165, 1.54) is 0 Å². The largest absolute Gasteiger partial charge is 0.486 e. The molecule has 0 bridgehead atoms. The number of aryl methyl sites for hydroxylation is 1. The first-order chi connectivity index (χ1) is 13.6. The predicted molar refractivity (Wildman–Crippen MR) is 106 cm³/mol. The lowest BCUT2D eigenvalue weighted by Crippen LogP contribution is -2.54. The Labute approximate surface area is 163 Å². The van der Waals surface area contributed by atoms with E-state index in [0.29, 0.717) is 18.8 Å². The zero-order chi connectivity index (χ0) is 19.7. The Hall–Kier alpha value is -3.25. The van der Waals surface area contributed by atoms with Crippen LogP contribution in [-0.2, 0) is 6.61 Å². The molecule has 1 aromatic heterocycles. The van der Waals surface area contributed by atoms with E-state index in [1.54, 1.807) is 12.1 Å². The van der Waals surface area contributed by atoms with Gasteiger partial charge in [-0.25, -0.2) is 4.79 Å². The highest BCUT2D eigenvalue weighted by Gasteiger charge is 2.32. The summed E-state index contributed by atoms with van der Waals surface area (Å²) in [7, 11) is 0. The molecule has 1 saturated heterocycles. The molecule has 0 radical (unpaired) electrons. The van der Waals surface area contributed by atoms with Gasteiger partial charge in [0.2, 0.25) is 0 Å². The van der Waals surface area contributed by atoms with Crippen molar-refractivity contribution in [2.75, 3.05) is 18.0 Å². The lowest BCUT2D eigenvalue weighted by atomic mass is 10.1. The molecule has 2 aromatic carbocycles. The molecule has 1 fully saturated rings. The first-order valence-electron chi connectivity index (χ1n) is 9.18. The number of nitrogens with zero attached hydrogens (tertiary/aromatic N) is 2. The Kier molecular flexibility index (Phi) is 4.79. The van der Waals surface area contributed by atoms with Gasteiger partial charge in [-0.2, -0.15) is 0 Å². The van der Waals surface area contributed by atoms with Gasteiger partial charge in [-0.3, -0.25) is 0 Å². The van der Waals surface area contributed by atoms with Crippen molar-refractivity contribution in [1.29, 1.82) is 0 Å². The number of carbonyl (C=O) groups is 1. The third-order valence-electron chi connectivity index (χ3n) is 5.01. The number of carboxylic acid groups (broad SMARTS) is 1. The van der Waals surface area contributed by atoms with E-state index in [1.807, 2.05) is 60.3 Å². The normalized spacial score (nSPS) is 14.0. The summed E-state index contributed by atoms with van der Waals surface area (Å²) in [5, 5.41) is 18.8. The number of rotatable bonds is 6. The summed E-state index contributed by atoms with van der Waals surface area (Å²) in [5.41, 5.74) is 3.67. The number of ether oxygens (including phenoxy) is 1. The third kappa shape index (κ3) is 3.34. The molecule has 4 rings (SSSR count). The van der Waals surface area contributed by atoms with Crippen molar-refractivity contribution >= 4 is 11.7 Å². The number of hydrogen-bond donors (Lipinski definition) is 2. The summed E-state index contributed by atoms with van der Waals surface area (Å²) in [6.07, 6.45) is 3.74. The van der Waals surface area contributed by atoms with Gasteiger partial charge in [-0.15, -0.1) is 0 Å². The van der Waals surface area contributed by atoms with Gasteiger partial charge in [0.15, 0.2) is 0 Å². The zero-order valence-electron chi connectivity index (χ0n) is 15.6. The summed E-state index contributed by atoms with van der Waals surface area (Å²) >= 11 is 0. The lowest BCUT2D eigenvalue weighted by Gasteiger charge is -2.42. The Morgan fingerprint density at radius 2 is 1.89 bits per heavy atom. The van der Waals surface area contributed by atoms with Gasteiger partial charge in [0.05, 0.1) is 36.6 Å². The fourth-order valence-electron chi connectivity index (χ4n) is 3.55. The van der Waals surface area contributed by atoms with Crippen molar-refractivity contribution in [2.24, 2.45) is 0 Å². The monoisotopic (exact) mass is 378 g/mol. The van der Waals surface area contributed by atoms with Crippen LogP contribution in [0, 0.1) is 6.92 Å². The Bertz CT molecular complexity index is 992. The van der Waals surface area contributed by atoms with Gasteiger partial charge in [0, 0.05) is 12.4 Å². The summed E-state index contributed by atoms with van der Waals surface area (Å²) in [4.78, 5) is 13.8. The molecular formula is C22H22N2O4. The number of aromatic carboxylic acids is 1. The molecule has 1 aliphatic rings. The average molecular weight is 378 g/mol. The van der Waals surface area contributed by atoms with Crippen molar-refractivity contribution in [2.45, 2.75) is 19.6 Å². The summed E-state index contributed by atoms with van der Waals surface area (Å²) < 4.78 is 7.93. The third-order valence-corrected chi connectivity index (χ3v) is 5.01. The Morgan fingerprint density at radius 3 is 2.54 bits per heavy atom. The van der Waals surface area contributed by atoms with E-state index in [0.717, 1.165) is 22.6 Å². The molecule has 0 aliphatic carbocycles. The van der Waals surface area contributed by atoms with Crippen molar-refractivity contribution < 1.29 is 19.7 Å². The molecular weight excluding hydrogens is 356 g/mol. The minimum atomic E-state index is -0.946. The van der Waals surface area contributed by atoms with E-state index in [4.69, 9.17) is 4.74 Å². The van der Waals surface area contributed by atoms with Crippen LogP contribution in [-0.4, -0.2) is 39.9 Å². The maximum absolute atomic E-state index is 11.7. The van der Waals surface area contributed by atoms with E-state index in [9.17, 15) is 15.0 Å². The van der Waals surface area contributed by atoms with Crippen LogP contribution in [0.1, 0.15) is 21.5 Å². The highest BCUT2D eigenvalue weighted by atomic mass is 16.5. The van der Waals surface area contributed by atoms with Crippen LogP contribution in [0.4, 0.5) is 5.69 Å². The van der Waals surface area contributed by atoms with E-state index in [2.05, 4.69) is 4.90 Å². The quantitative estimate of drug-likeness (QED) is 0.689.